The van der Waals surface area contributed by atoms with Crippen molar-refractivity contribution >= 4 is 34.1 Å². The molecule has 1 aliphatic heterocycles. The van der Waals surface area contributed by atoms with Crippen LogP contribution in [-0.2, 0) is 12.2 Å². The molecule has 0 saturated heterocycles. The van der Waals surface area contributed by atoms with Crippen molar-refractivity contribution < 1.29 is 4.74 Å². The maximum Gasteiger partial charge on any atom is 0.148 e. The summed E-state index contributed by atoms with van der Waals surface area (Å²) in [7, 11) is 1.68. The molecule has 102 valence electrons. The van der Waals surface area contributed by atoms with Gasteiger partial charge in [-0.3, -0.25) is 0 Å². The van der Waals surface area contributed by atoms with Gasteiger partial charge in [0.05, 0.1) is 23.0 Å². The summed E-state index contributed by atoms with van der Waals surface area (Å²) >= 11 is 3.89. The molecule has 1 aromatic carbocycles. The topological polar surface area (TPSA) is 37.9 Å². The third-order valence-electron chi connectivity index (χ3n) is 3.55. The maximum atomic E-state index is 5.26. The lowest BCUT2D eigenvalue weighted by Gasteiger charge is -2.08. The number of nitrogens with one attached hydrogen (secondary N) is 1. The van der Waals surface area contributed by atoms with Crippen LogP contribution in [0.1, 0.15) is 10.4 Å². The fourth-order valence-corrected chi connectivity index (χ4v) is 4.81. The first-order valence-corrected chi connectivity index (χ1v) is 8.54. The molecule has 2 aromatic heterocycles. The lowest BCUT2D eigenvalue weighted by Crippen LogP contribution is -1.96. The molecule has 0 unspecified atom stereocenters. The number of nitrogens with zero attached hydrogens (tertiary/aromatic N) is 1. The van der Waals surface area contributed by atoms with Crippen molar-refractivity contribution in [1.29, 1.82) is 0 Å². The van der Waals surface area contributed by atoms with Crippen molar-refractivity contribution in [3.05, 3.63) is 34.7 Å². The fourth-order valence-electron chi connectivity index (χ4n) is 2.50. The molecule has 0 amide bonds. The average molecular weight is 302 g/mol. The predicted molar refractivity (Wildman–Crippen MR) is 85.8 cm³/mol. The number of aromatic nitrogens is 2. The third kappa shape index (κ3) is 2.01. The number of methoxy groups -OCH3 is 1. The van der Waals surface area contributed by atoms with E-state index in [1.165, 1.54) is 27.5 Å². The highest BCUT2D eigenvalue weighted by Crippen LogP contribution is 2.36. The first kappa shape index (κ1) is 12.3. The van der Waals surface area contributed by atoms with E-state index in [0.29, 0.717) is 0 Å². The molecule has 0 spiro atoms. The number of imidazole rings is 1. The minimum atomic E-state index is 0.856. The Hall–Kier alpha value is -1.46. The first-order chi connectivity index (χ1) is 9.83. The average Bonchev–Trinajstić information content (AvgIpc) is 3.09. The molecular weight excluding hydrogens is 288 g/mol. The summed E-state index contributed by atoms with van der Waals surface area (Å²) in [6.45, 7) is 0. The Morgan fingerprint density at radius 3 is 3.10 bits per heavy atom. The Labute approximate surface area is 125 Å². The normalized spacial score (nSPS) is 14.4. The smallest absolute Gasteiger partial charge is 0.148 e. The molecule has 0 radical (unpaired) electrons. The van der Waals surface area contributed by atoms with Crippen LogP contribution in [0.25, 0.3) is 21.7 Å². The van der Waals surface area contributed by atoms with E-state index in [4.69, 9.17) is 9.72 Å². The number of hydrogen-bond acceptors (Lipinski definition) is 4. The summed E-state index contributed by atoms with van der Waals surface area (Å²) in [6.07, 6.45) is 1.19. The number of thiophene rings is 1. The van der Waals surface area contributed by atoms with E-state index in [2.05, 4.69) is 11.1 Å². The van der Waals surface area contributed by atoms with Crippen molar-refractivity contribution in [2.45, 2.75) is 12.2 Å². The number of H-pyrrole nitrogens is 1. The van der Waals surface area contributed by atoms with Gasteiger partial charge in [-0.1, -0.05) is 0 Å². The summed E-state index contributed by atoms with van der Waals surface area (Å²) in [5.41, 5.74) is 3.50. The molecule has 3 heterocycles. The quantitative estimate of drug-likeness (QED) is 0.775. The highest BCUT2D eigenvalue weighted by Gasteiger charge is 2.16. The number of benzene rings is 1. The van der Waals surface area contributed by atoms with Gasteiger partial charge in [-0.05, 0) is 35.9 Å². The third-order valence-corrected chi connectivity index (χ3v) is 5.80. The Morgan fingerprint density at radius 2 is 2.25 bits per heavy atom. The Balaban J connectivity index is 1.79. The van der Waals surface area contributed by atoms with E-state index in [1.54, 1.807) is 7.11 Å². The van der Waals surface area contributed by atoms with Gasteiger partial charge in [0, 0.05) is 16.7 Å². The highest BCUT2D eigenvalue weighted by molar-refractivity contribution is 7.98. The van der Waals surface area contributed by atoms with Crippen molar-refractivity contribution in [3.8, 4) is 16.5 Å². The zero-order valence-corrected chi connectivity index (χ0v) is 12.7. The maximum absolute atomic E-state index is 5.26. The predicted octanol–water partition coefficient (Wildman–Crippen LogP) is 4.09. The van der Waals surface area contributed by atoms with Gasteiger partial charge < -0.3 is 9.72 Å². The molecule has 3 nitrogen and oxygen atoms in total. The van der Waals surface area contributed by atoms with Crippen LogP contribution in [0.3, 0.4) is 0 Å². The van der Waals surface area contributed by atoms with Crippen LogP contribution in [0.4, 0.5) is 0 Å². The van der Waals surface area contributed by atoms with Crippen LogP contribution in [0, 0.1) is 0 Å². The largest absolute Gasteiger partial charge is 0.497 e. The van der Waals surface area contributed by atoms with Gasteiger partial charge >= 0.3 is 0 Å². The minimum Gasteiger partial charge on any atom is -0.497 e. The second kappa shape index (κ2) is 4.82. The van der Waals surface area contributed by atoms with Crippen LogP contribution in [0.2, 0.25) is 0 Å². The van der Waals surface area contributed by atoms with Crippen LogP contribution < -0.4 is 4.74 Å². The second-order valence-electron chi connectivity index (χ2n) is 4.83. The Morgan fingerprint density at radius 1 is 1.30 bits per heavy atom. The van der Waals surface area contributed by atoms with Gasteiger partial charge in [0.25, 0.3) is 0 Å². The summed E-state index contributed by atoms with van der Waals surface area (Å²) in [4.78, 5) is 10.9. The zero-order chi connectivity index (χ0) is 13.5. The number of hydrogen-bond donors (Lipinski definition) is 1. The van der Waals surface area contributed by atoms with Gasteiger partial charge in [-0.25, -0.2) is 4.98 Å². The van der Waals surface area contributed by atoms with E-state index in [1.807, 2.05) is 41.3 Å². The molecule has 5 heteroatoms. The SMILES string of the molecule is COc1ccc2nc(-c3cc4c(s3)CCSC4)[nH]c2c1. The second-order valence-corrected chi connectivity index (χ2v) is 7.07. The van der Waals surface area contributed by atoms with E-state index < -0.39 is 0 Å². The van der Waals surface area contributed by atoms with Crippen LogP contribution in [0.5, 0.6) is 5.75 Å². The van der Waals surface area contributed by atoms with Crippen LogP contribution >= 0.6 is 23.1 Å². The molecule has 0 saturated carbocycles. The van der Waals surface area contributed by atoms with Gasteiger partial charge in [0.15, 0.2) is 0 Å². The molecule has 0 atom stereocenters. The standard InChI is InChI=1S/C15H14N2OS2/c1-18-10-2-3-11-12(7-10)17-15(16-11)14-6-9-8-19-5-4-13(9)20-14/h2-3,6-7H,4-5,8H2,1H3,(H,16,17). The lowest BCUT2D eigenvalue weighted by atomic mass is 10.2. The van der Waals surface area contributed by atoms with Gasteiger partial charge in [0.1, 0.15) is 11.6 Å². The molecule has 1 aliphatic rings. The van der Waals surface area contributed by atoms with Crippen LogP contribution in [-0.4, -0.2) is 22.8 Å². The molecule has 20 heavy (non-hydrogen) atoms. The molecule has 1 N–H and O–H groups in total. The Bertz CT molecular complexity index is 752. The van der Waals surface area contributed by atoms with Crippen molar-refractivity contribution in [2.75, 3.05) is 12.9 Å². The number of rotatable bonds is 2. The monoisotopic (exact) mass is 302 g/mol. The van der Waals surface area contributed by atoms with Gasteiger partial charge in [0.2, 0.25) is 0 Å². The molecule has 4 rings (SSSR count). The van der Waals surface area contributed by atoms with Crippen LogP contribution in [0.15, 0.2) is 24.3 Å². The molecular formula is C15H14N2OS2. The summed E-state index contributed by atoms with van der Waals surface area (Å²) in [5.74, 6) is 4.21. The van der Waals surface area contributed by atoms with E-state index >= 15 is 0 Å². The van der Waals surface area contributed by atoms with E-state index in [-0.39, 0.29) is 0 Å². The molecule has 0 fully saturated rings. The number of ether oxygens (including phenoxy) is 1. The number of fused-ring (bicyclic) bond motifs is 2. The van der Waals surface area contributed by atoms with Gasteiger partial charge in [-0.2, -0.15) is 11.8 Å². The number of aryl methyl sites for hydroxylation is 1. The highest BCUT2D eigenvalue weighted by atomic mass is 32.2. The molecule has 3 aromatic rings. The lowest BCUT2D eigenvalue weighted by molar-refractivity contribution is 0.415. The minimum absolute atomic E-state index is 0.856. The summed E-state index contributed by atoms with van der Waals surface area (Å²) < 4.78 is 5.26. The first-order valence-electron chi connectivity index (χ1n) is 6.57. The molecule has 0 bridgehead atoms. The van der Waals surface area contributed by atoms with E-state index in [0.717, 1.165) is 28.4 Å². The summed E-state index contributed by atoms with van der Waals surface area (Å²) in [5, 5.41) is 0. The Kier molecular flexibility index (Phi) is 2.97. The number of aromatic amines is 1. The van der Waals surface area contributed by atoms with Crippen molar-refractivity contribution in [1.82, 2.24) is 9.97 Å². The summed E-state index contributed by atoms with van der Waals surface area (Å²) in [6, 6.07) is 8.23. The molecule has 0 aliphatic carbocycles. The fraction of sp³-hybridized carbons (Fsp3) is 0.267. The van der Waals surface area contributed by atoms with Crippen molar-refractivity contribution in [2.24, 2.45) is 0 Å². The van der Waals surface area contributed by atoms with Crippen molar-refractivity contribution in [3.63, 3.8) is 0 Å². The van der Waals surface area contributed by atoms with E-state index in [9.17, 15) is 0 Å². The zero-order valence-electron chi connectivity index (χ0n) is 11.1. The van der Waals surface area contributed by atoms with Gasteiger partial charge in [-0.15, -0.1) is 11.3 Å². The number of thioether (sulfide) groups is 1.